The maximum atomic E-state index is 12.6. The molecule has 0 saturated heterocycles. The minimum Gasteiger partial charge on any atom is -0.349 e. The number of nitrogens with one attached hydrogen (secondary N) is 2. The Morgan fingerprint density at radius 2 is 1.88 bits per heavy atom. The van der Waals surface area contributed by atoms with Gasteiger partial charge < -0.3 is 10.6 Å². The first-order chi connectivity index (χ1) is 12.1. The highest BCUT2D eigenvalue weighted by molar-refractivity contribution is 7.12. The highest BCUT2D eigenvalue weighted by Crippen LogP contribution is 2.18. The van der Waals surface area contributed by atoms with Crippen molar-refractivity contribution in [1.29, 1.82) is 0 Å². The van der Waals surface area contributed by atoms with E-state index in [1.165, 1.54) is 16.9 Å². The van der Waals surface area contributed by atoms with E-state index in [0.717, 1.165) is 6.42 Å². The van der Waals surface area contributed by atoms with E-state index in [-0.39, 0.29) is 17.9 Å². The Kier molecular flexibility index (Phi) is 5.63. The van der Waals surface area contributed by atoms with Crippen LogP contribution in [-0.2, 0) is 6.42 Å². The molecule has 0 bridgehead atoms. The molecule has 4 nitrogen and oxygen atoms in total. The molecular weight excluding hydrogens is 352 g/mol. The summed E-state index contributed by atoms with van der Waals surface area (Å²) in [6, 6.07) is 12.7. The maximum absolute atomic E-state index is 12.6. The molecule has 1 unspecified atom stereocenters. The third-order valence-electron chi connectivity index (χ3n) is 3.66. The van der Waals surface area contributed by atoms with Crippen molar-refractivity contribution in [3.05, 3.63) is 74.6 Å². The van der Waals surface area contributed by atoms with E-state index in [1.54, 1.807) is 41.7 Å². The molecule has 6 heteroatoms. The predicted molar refractivity (Wildman–Crippen MR) is 104 cm³/mol. The van der Waals surface area contributed by atoms with Crippen LogP contribution in [0.3, 0.4) is 0 Å². The first-order valence-corrected chi connectivity index (χ1v) is 9.71. The van der Waals surface area contributed by atoms with Crippen LogP contribution < -0.4 is 10.6 Å². The largest absolute Gasteiger partial charge is 0.349 e. The molecule has 0 radical (unpaired) electrons. The normalized spacial score (nSPS) is 11.7. The van der Waals surface area contributed by atoms with Gasteiger partial charge in [0.15, 0.2) is 0 Å². The van der Waals surface area contributed by atoms with Gasteiger partial charge in [-0.25, -0.2) is 0 Å². The maximum Gasteiger partial charge on any atom is 0.265 e. The highest BCUT2D eigenvalue weighted by Gasteiger charge is 2.16. The summed E-state index contributed by atoms with van der Waals surface area (Å²) in [5.41, 5.74) is 2.18. The number of hydrogen-bond acceptors (Lipinski definition) is 4. The summed E-state index contributed by atoms with van der Waals surface area (Å²) in [5.74, 6) is -0.397. The second-order valence-corrected chi connectivity index (χ2v) is 7.41. The molecule has 25 heavy (non-hydrogen) atoms. The predicted octanol–water partition coefficient (Wildman–Crippen LogP) is 4.42. The number of thiophene rings is 2. The van der Waals surface area contributed by atoms with Gasteiger partial charge in [-0.3, -0.25) is 9.59 Å². The smallest absolute Gasteiger partial charge is 0.265 e. The van der Waals surface area contributed by atoms with E-state index in [0.29, 0.717) is 16.1 Å². The molecule has 2 heterocycles. The van der Waals surface area contributed by atoms with Crippen LogP contribution in [0.15, 0.2) is 58.6 Å². The van der Waals surface area contributed by atoms with Gasteiger partial charge in [-0.15, -0.1) is 11.3 Å². The van der Waals surface area contributed by atoms with E-state index in [9.17, 15) is 9.59 Å². The number of benzene rings is 1. The van der Waals surface area contributed by atoms with Crippen LogP contribution in [0.5, 0.6) is 0 Å². The number of hydrogen-bond donors (Lipinski definition) is 2. The fourth-order valence-electron chi connectivity index (χ4n) is 2.50. The van der Waals surface area contributed by atoms with Crippen molar-refractivity contribution < 1.29 is 9.59 Å². The molecule has 1 atom stereocenters. The van der Waals surface area contributed by atoms with Crippen LogP contribution in [0.4, 0.5) is 5.69 Å². The van der Waals surface area contributed by atoms with Crippen LogP contribution in [0.25, 0.3) is 0 Å². The molecule has 128 valence electrons. The van der Waals surface area contributed by atoms with E-state index in [4.69, 9.17) is 0 Å². The van der Waals surface area contributed by atoms with Crippen molar-refractivity contribution in [1.82, 2.24) is 5.32 Å². The SMILES string of the molecule is CC(Cc1ccsc1)NC(=O)c1ccccc1NC(=O)c1cccs1. The Morgan fingerprint density at radius 1 is 1.04 bits per heavy atom. The van der Waals surface area contributed by atoms with Crippen molar-refractivity contribution in [2.75, 3.05) is 5.32 Å². The standard InChI is InChI=1S/C19H18N2O2S2/c1-13(11-14-8-10-24-12-14)20-18(22)15-5-2-3-6-16(15)21-19(23)17-7-4-9-25-17/h2-10,12-13H,11H2,1H3,(H,20,22)(H,21,23). The molecule has 2 N–H and O–H groups in total. The monoisotopic (exact) mass is 370 g/mol. The highest BCUT2D eigenvalue weighted by atomic mass is 32.1. The first kappa shape index (κ1) is 17.4. The molecule has 0 spiro atoms. The van der Waals surface area contributed by atoms with Crippen molar-refractivity contribution in [3.8, 4) is 0 Å². The lowest BCUT2D eigenvalue weighted by molar-refractivity contribution is 0.0941. The summed E-state index contributed by atoms with van der Waals surface area (Å²) in [7, 11) is 0. The Morgan fingerprint density at radius 3 is 2.60 bits per heavy atom. The fourth-order valence-corrected chi connectivity index (χ4v) is 3.80. The lowest BCUT2D eigenvalue weighted by Crippen LogP contribution is -2.34. The summed E-state index contributed by atoms with van der Waals surface area (Å²) in [6.07, 6.45) is 0.777. The molecule has 0 aliphatic rings. The van der Waals surface area contributed by atoms with Gasteiger partial charge in [-0.1, -0.05) is 18.2 Å². The van der Waals surface area contributed by atoms with Crippen molar-refractivity contribution in [2.24, 2.45) is 0 Å². The van der Waals surface area contributed by atoms with Crippen LogP contribution >= 0.6 is 22.7 Å². The van der Waals surface area contributed by atoms with Gasteiger partial charge in [0.05, 0.1) is 16.1 Å². The molecule has 0 aliphatic heterocycles. The van der Waals surface area contributed by atoms with Gasteiger partial charge in [-0.2, -0.15) is 11.3 Å². The average molecular weight is 370 g/mol. The number of carbonyl (C=O) groups is 2. The lowest BCUT2D eigenvalue weighted by Gasteiger charge is -2.15. The van der Waals surface area contributed by atoms with Gasteiger partial charge in [-0.05, 0) is 59.3 Å². The number of para-hydroxylation sites is 1. The average Bonchev–Trinajstić information content (AvgIpc) is 3.28. The van der Waals surface area contributed by atoms with Gasteiger partial charge in [0.25, 0.3) is 11.8 Å². The topological polar surface area (TPSA) is 58.2 Å². The Bertz CT molecular complexity index is 842. The zero-order valence-corrected chi connectivity index (χ0v) is 15.3. The zero-order chi connectivity index (χ0) is 17.6. The molecule has 0 saturated carbocycles. The third-order valence-corrected chi connectivity index (χ3v) is 5.27. The summed E-state index contributed by atoms with van der Waals surface area (Å²) in [4.78, 5) is 25.5. The summed E-state index contributed by atoms with van der Waals surface area (Å²) in [6.45, 7) is 1.97. The molecule has 3 aromatic rings. The van der Waals surface area contributed by atoms with Crippen LogP contribution in [0.2, 0.25) is 0 Å². The molecule has 0 fully saturated rings. The van der Waals surface area contributed by atoms with E-state index < -0.39 is 0 Å². The van der Waals surface area contributed by atoms with Gasteiger partial charge >= 0.3 is 0 Å². The van der Waals surface area contributed by atoms with Gasteiger partial charge in [0.1, 0.15) is 0 Å². The van der Waals surface area contributed by atoms with E-state index in [2.05, 4.69) is 22.1 Å². The minimum atomic E-state index is -0.207. The van der Waals surface area contributed by atoms with Gasteiger partial charge in [0.2, 0.25) is 0 Å². The zero-order valence-electron chi connectivity index (χ0n) is 13.7. The molecular formula is C19H18N2O2S2. The summed E-state index contributed by atoms with van der Waals surface area (Å²) in [5, 5.41) is 11.8. The molecule has 0 aliphatic carbocycles. The van der Waals surface area contributed by atoms with Crippen molar-refractivity contribution >= 4 is 40.2 Å². The summed E-state index contributed by atoms with van der Waals surface area (Å²) < 4.78 is 0. The molecule has 2 aromatic heterocycles. The van der Waals surface area contributed by atoms with Gasteiger partial charge in [0, 0.05) is 6.04 Å². The quantitative estimate of drug-likeness (QED) is 0.675. The second kappa shape index (κ2) is 8.09. The van der Waals surface area contributed by atoms with E-state index >= 15 is 0 Å². The van der Waals surface area contributed by atoms with Crippen LogP contribution in [0.1, 0.15) is 32.5 Å². The van der Waals surface area contributed by atoms with Crippen molar-refractivity contribution in [2.45, 2.75) is 19.4 Å². The molecule has 3 rings (SSSR count). The fraction of sp³-hybridized carbons (Fsp3) is 0.158. The molecule has 2 amide bonds. The van der Waals surface area contributed by atoms with Crippen LogP contribution in [0, 0.1) is 0 Å². The lowest BCUT2D eigenvalue weighted by atomic mass is 10.1. The van der Waals surface area contributed by atoms with Crippen molar-refractivity contribution in [3.63, 3.8) is 0 Å². The van der Waals surface area contributed by atoms with Crippen LogP contribution in [-0.4, -0.2) is 17.9 Å². The number of anilines is 1. The second-order valence-electron chi connectivity index (χ2n) is 5.69. The molecule has 1 aromatic carbocycles. The summed E-state index contributed by atoms with van der Waals surface area (Å²) >= 11 is 3.01. The number of carbonyl (C=O) groups excluding carboxylic acids is 2. The number of amides is 2. The first-order valence-electron chi connectivity index (χ1n) is 7.89. The Hall–Kier alpha value is -2.44. The Labute approximate surface area is 154 Å². The number of rotatable bonds is 6. The Balaban J connectivity index is 1.69. The third kappa shape index (κ3) is 4.55. The minimum absolute atomic E-state index is 0.00292. The van der Waals surface area contributed by atoms with E-state index in [1.807, 2.05) is 23.8 Å².